The van der Waals surface area contributed by atoms with Crippen LogP contribution in [0.5, 0.6) is 0 Å². The number of halogens is 1. The van der Waals surface area contributed by atoms with Crippen LogP contribution in [0.1, 0.15) is 19.8 Å². The number of esters is 1. The highest BCUT2D eigenvalue weighted by Crippen LogP contribution is 2.24. The van der Waals surface area contributed by atoms with Crippen molar-refractivity contribution in [2.24, 2.45) is 10.9 Å². The lowest BCUT2D eigenvalue weighted by Crippen LogP contribution is -2.39. The van der Waals surface area contributed by atoms with Crippen molar-refractivity contribution in [1.82, 2.24) is 4.90 Å². The number of ether oxygens (including phenoxy) is 1. The van der Waals surface area contributed by atoms with Crippen molar-refractivity contribution in [3.63, 3.8) is 0 Å². The predicted octanol–water partition coefficient (Wildman–Crippen LogP) is 3.97. The first-order valence-corrected chi connectivity index (χ1v) is 9.04. The summed E-state index contributed by atoms with van der Waals surface area (Å²) in [6.45, 7) is 3.96. The molecule has 1 aliphatic heterocycles. The average Bonchev–Trinajstić information content (AvgIpc) is 2.55. The molecule has 0 unspecified atom stereocenters. The number of thioether (sulfide) groups is 1. The first-order valence-electron chi connectivity index (χ1n) is 7.44. The van der Waals surface area contributed by atoms with Crippen LogP contribution in [0, 0.1) is 5.92 Å². The van der Waals surface area contributed by atoms with Gasteiger partial charge >= 0.3 is 5.97 Å². The van der Waals surface area contributed by atoms with E-state index in [9.17, 15) is 4.79 Å². The molecule has 2 rings (SSSR count). The van der Waals surface area contributed by atoms with E-state index in [0.29, 0.717) is 11.6 Å². The van der Waals surface area contributed by atoms with Crippen LogP contribution in [0.3, 0.4) is 0 Å². The minimum atomic E-state index is -0.0671. The van der Waals surface area contributed by atoms with E-state index in [4.69, 9.17) is 16.3 Å². The van der Waals surface area contributed by atoms with Crippen LogP contribution in [0.2, 0.25) is 5.02 Å². The maximum Gasteiger partial charge on any atom is 0.309 e. The molecule has 1 heterocycles. The molecular formula is C16H21ClN2O2S. The van der Waals surface area contributed by atoms with E-state index in [1.807, 2.05) is 37.4 Å². The molecule has 0 bridgehead atoms. The van der Waals surface area contributed by atoms with E-state index in [2.05, 4.69) is 9.89 Å². The largest absolute Gasteiger partial charge is 0.466 e. The topological polar surface area (TPSA) is 41.9 Å². The quantitative estimate of drug-likeness (QED) is 0.474. The van der Waals surface area contributed by atoms with Crippen LogP contribution in [0.15, 0.2) is 29.3 Å². The van der Waals surface area contributed by atoms with Gasteiger partial charge in [0, 0.05) is 18.1 Å². The van der Waals surface area contributed by atoms with Crippen LogP contribution >= 0.6 is 23.4 Å². The van der Waals surface area contributed by atoms with Crippen molar-refractivity contribution < 1.29 is 9.53 Å². The summed E-state index contributed by atoms with van der Waals surface area (Å²) < 4.78 is 5.10. The summed E-state index contributed by atoms with van der Waals surface area (Å²) in [7, 11) is 0. The van der Waals surface area contributed by atoms with Gasteiger partial charge in [0.25, 0.3) is 0 Å². The number of rotatable bonds is 3. The summed E-state index contributed by atoms with van der Waals surface area (Å²) in [5.41, 5.74) is 0.890. The Kier molecular flexibility index (Phi) is 6.58. The molecule has 1 aromatic rings. The second-order valence-corrected chi connectivity index (χ2v) is 6.30. The number of benzene rings is 1. The summed E-state index contributed by atoms with van der Waals surface area (Å²) >= 11 is 7.52. The Morgan fingerprint density at radius 1 is 1.36 bits per heavy atom. The molecule has 1 fully saturated rings. The first kappa shape index (κ1) is 17.2. The molecule has 0 aliphatic carbocycles. The van der Waals surface area contributed by atoms with Gasteiger partial charge in [0.15, 0.2) is 5.17 Å². The van der Waals surface area contributed by atoms with E-state index in [1.54, 1.807) is 11.8 Å². The Labute approximate surface area is 140 Å². The zero-order valence-electron chi connectivity index (χ0n) is 12.9. The second-order valence-electron chi connectivity index (χ2n) is 5.09. The van der Waals surface area contributed by atoms with Crippen LogP contribution in [-0.4, -0.2) is 42.0 Å². The lowest BCUT2D eigenvalue weighted by Gasteiger charge is -2.32. The molecule has 0 atom stereocenters. The predicted molar refractivity (Wildman–Crippen MR) is 93.0 cm³/mol. The van der Waals surface area contributed by atoms with Crippen LogP contribution in [0.25, 0.3) is 0 Å². The van der Waals surface area contributed by atoms with Gasteiger partial charge in [-0.1, -0.05) is 23.4 Å². The van der Waals surface area contributed by atoms with E-state index in [1.165, 1.54) is 0 Å². The molecule has 0 N–H and O–H groups in total. The molecule has 1 aromatic carbocycles. The first-order chi connectivity index (χ1) is 10.6. The molecule has 22 heavy (non-hydrogen) atoms. The van der Waals surface area contributed by atoms with Gasteiger partial charge in [-0.05, 0) is 50.3 Å². The summed E-state index contributed by atoms with van der Waals surface area (Å²) in [6.07, 6.45) is 3.66. The van der Waals surface area contributed by atoms with Gasteiger partial charge in [-0.2, -0.15) is 0 Å². The molecule has 120 valence electrons. The Hall–Kier alpha value is -1.20. The number of likely N-dealkylation sites (tertiary alicyclic amines) is 1. The van der Waals surface area contributed by atoms with Crippen molar-refractivity contribution in [1.29, 1.82) is 0 Å². The SMILES string of the molecule is CCOC(=O)C1CCN(C(=Nc2ccc(Cl)cc2)SC)CC1. The monoisotopic (exact) mass is 340 g/mol. The third-order valence-corrected chi connectivity index (χ3v) is 4.59. The zero-order chi connectivity index (χ0) is 15.9. The van der Waals surface area contributed by atoms with Gasteiger partial charge in [-0.3, -0.25) is 4.79 Å². The van der Waals surface area contributed by atoms with Crippen molar-refractivity contribution in [2.75, 3.05) is 26.0 Å². The summed E-state index contributed by atoms with van der Waals surface area (Å²) in [5.74, 6) is -0.0441. The summed E-state index contributed by atoms with van der Waals surface area (Å²) in [6, 6.07) is 7.49. The average molecular weight is 341 g/mol. The highest BCUT2D eigenvalue weighted by atomic mass is 35.5. The van der Waals surface area contributed by atoms with Crippen molar-refractivity contribution >= 4 is 40.2 Å². The number of nitrogens with zero attached hydrogens (tertiary/aromatic N) is 2. The van der Waals surface area contributed by atoms with E-state index in [-0.39, 0.29) is 11.9 Å². The fourth-order valence-electron chi connectivity index (χ4n) is 2.44. The third-order valence-electron chi connectivity index (χ3n) is 3.62. The lowest BCUT2D eigenvalue weighted by atomic mass is 9.97. The van der Waals surface area contributed by atoms with Crippen LogP contribution in [0.4, 0.5) is 5.69 Å². The van der Waals surface area contributed by atoms with Gasteiger partial charge in [0.05, 0.1) is 18.2 Å². The minimum absolute atomic E-state index is 0.0230. The molecule has 0 radical (unpaired) electrons. The highest BCUT2D eigenvalue weighted by Gasteiger charge is 2.27. The molecule has 4 nitrogen and oxygen atoms in total. The van der Waals surface area contributed by atoms with Crippen LogP contribution < -0.4 is 0 Å². The van der Waals surface area contributed by atoms with E-state index >= 15 is 0 Å². The van der Waals surface area contributed by atoms with E-state index in [0.717, 1.165) is 36.8 Å². The van der Waals surface area contributed by atoms with Crippen molar-refractivity contribution in [3.8, 4) is 0 Å². The number of amidine groups is 1. The molecule has 0 spiro atoms. The Bertz CT molecular complexity index is 525. The van der Waals surface area contributed by atoms with Gasteiger partial charge in [0.1, 0.15) is 0 Å². The van der Waals surface area contributed by atoms with Crippen molar-refractivity contribution in [3.05, 3.63) is 29.3 Å². The molecular weight excluding hydrogens is 320 g/mol. The molecule has 0 aromatic heterocycles. The van der Waals surface area contributed by atoms with Gasteiger partial charge < -0.3 is 9.64 Å². The standard InChI is InChI=1S/C16H21ClN2O2S/c1-3-21-15(20)12-8-10-19(11-9-12)16(22-2)18-14-6-4-13(17)5-7-14/h4-7,12H,3,8-11H2,1-2H3. The fourth-order valence-corrected chi connectivity index (χ4v) is 3.20. The third kappa shape index (κ3) is 4.65. The van der Waals surface area contributed by atoms with Gasteiger partial charge in [-0.25, -0.2) is 4.99 Å². The molecule has 0 saturated carbocycles. The summed E-state index contributed by atoms with van der Waals surface area (Å²) in [5, 5.41) is 1.68. The molecule has 0 amide bonds. The Morgan fingerprint density at radius 3 is 2.55 bits per heavy atom. The molecule has 1 saturated heterocycles. The van der Waals surface area contributed by atoms with E-state index < -0.39 is 0 Å². The number of carbonyl (C=O) groups is 1. The lowest BCUT2D eigenvalue weighted by molar-refractivity contribution is -0.149. The smallest absolute Gasteiger partial charge is 0.309 e. The maximum absolute atomic E-state index is 11.8. The van der Waals surface area contributed by atoms with Gasteiger partial charge in [-0.15, -0.1) is 0 Å². The van der Waals surface area contributed by atoms with Gasteiger partial charge in [0.2, 0.25) is 0 Å². The fraction of sp³-hybridized carbons (Fsp3) is 0.500. The number of hydrogen-bond acceptors (Lipinski definition) is 4. The van der Waals surface area contributed by atoms with Crippen LogP contribution in [-0.2, 0) is 9.53 Å². The Morgan fingerprint density at radius 2 is 2.00 bits per heavy atom. The van der Waals surface area contributed by atoms with Crippen molar-refractivity contribution in [2.45, 2.75) is 19.8 Å². The molecule has 6 heteroatoms. The maximum atomic E-state index is 11.8. The number of aliphatic imine (C=N–C) groups is 1. The number of piperidine rings is 1. The highest BCUT2D eigenvalue weighted by molar-refractivity contribution is 8.13. The summed E-state index contributed by atoms with van der Waals surface area (Å²) in [4.78, 5) is 18.7. The number of carbonyl (C=O) groups excluding carboxylic acids is 1. The minimum Gasteiger partial charge on any atom is -0.466 e. The molecule has 1 aliphatic rings. The normalized spacial score (nSPS) is 16.7. The number of hydrogen-bond donors (Lipinski definition) is 0. The zero-order valence-corrected chi connectivity index (χ0v) is 14.5. The second kappa shape index (κ2) is 8.44. The Balaban J connectivity index is 1.98.